The van der Waals surface area contributed by atoms with E-state index in [9.17, 15) is 24.3 Å². The Balaban J connectivity index is 1.69. The van der Waals surface area contributed by atoms with E-state index in [1.165, 1.54) is 4.90 Å². The van der Waals surface area contributed by atoms with Crippen molar-refractivity contribution in [1.29, 1.82) is 0 Å². The van der Waals surface area contributed by atoms with E-state index in [-0.39, 0.29) is 42.8 Å². The molecular weight excluding hydrogens is 630 g/mol. The number of aliphatic hydroxyl groups excluding tert-OH is 1. The number of ether oxygens (including phenoxy) is 2. The van der Waals surface area contributed by atoms with Crippen molar-refractivity contribution in [3.8, 4) is 0 Å². The number of aliphatic hydroxyl groups is 1. The van der Waals surface area contributed by atoms with Crippen molar-refractivity contribution in [3.05, 3.63) is 54.6 Å². The van der Waals surface area contributed by atoms with Crippen LogP contribution in [0.15, 0.2) is 43.5 Å². The van der Waals surface area contributed by atoms with Crippen LogP contribution in [0.2, 0.25) is 0 Å². The molecule has 3 fully saturated rings. The topological polar surface area (TPSA) is 125 Å². The second kappa shape index (κ2) is 14.0. The molecular formula is C33H44BrN3O7. The van der Waals surface area contributed by atoms with Crippen molar-refractivity contribution < 1.29 is 33.8 Å². The van der Waals surface area contributed by atoms with Gasteiger partial charge in [-0.05, 0) is 57.2 Å². The molecule has 240 valence electrons. The molecule has 3 aliphatic rings. The number of alkyl halides is 1. The second-order valence-corrected chi connectivity index (χ2v) is 13.2. The molecule has 1 unspecified atom stereocenters. The average Bonchev–Trinajstić information content (AvgIpc) is 3.59. The number of amides is 3. The number of anilines is 1. The molecule has 0 saturated carbocycles. The molecule has 4 rings (SSSR count). The van der Waals surface area contributed by atoms with E-state index in [1.54, 1.807) is 24.0 Å². The minimum absolute atomic E-state index is 0.115. The highest BCUT2D eigenvalue weighted by Gasteiger charge is 2.77. The molecule has 1 aromatic rings. The Morgan fingerprint density at radius 1 is 1.30 bits per heavy atom. The second-order valence-electron chi connectivity index (χ2n) is 12.1. The predicted octanol–water partition coefficient (Wildman–Crippen LogP) is 3.36. The Kier molecular flexibility index (Phi) is 10.7. The molecule has 11 heteroatoms. The van der Waals surface area contributed by atoms with Gasteiger partial charge in [0.05, 0.1) is 37.1 Å². The molecule has 2 bridgehead atoms. The first-order valence-electron chi connectivity index (χ1n) is 15.3. The summed E-state index contributed by atoms with van der Waals surface area (Å²) in [5, 5.41) is 13.1. The van der Waals surface area contributed by atoms with Crippen LogP contribution in [0, 0.1) is 25.7 Å². The zero-order chi connectivity index (χ0) is 32.3. The zero-order valence-electron chi connectivity index (χ0n) is 26.0. The maximum absolute atomic E-state index is 14.7. The molecule has 10 nitrogen and oxygen atoms in total. The van der Waals surface area contributed by atoms with Crippen LogP contribution in [0.1, 0.15) is 50.7 Å². The number of carbonyl (C=O) groups is 4. The van der Waals surface area contributed by atoms with Crippen molar-refractivity contribution in [2.45, 2.75) is 88.1 Å². The molecule has 0 aliphatic carbocycles. The molecule has 8 atom stereocenters. The van der Waals surface area contributed by atoms with E-state index >= 15 is 0 Å². The van der Waals surface area contributed by atoms with Gasteiger partial charge in [0.15, 0.2) is 0 Å². The molecule has 0 radical (unpaired) electrons. The summed E-state index contributed by atoms with van der Waals surface area (Å²) in [7, 11) is 0. The van der Waals surface area contributed by atoms with Crippen LogP contribution in [0.3, 0.4) is 0 Å². The standard InChI is InChI=1S/C33H44BrN3O7/c1-7-10-11-25(39)35-17-21(6)43-32(42)26-27-30(40)37(22(9-3)18-38)29(33(27)16-23(34)28(26)44-33)31(41)36(14-8-2)24-15-19(4)12-13-20(24)5/h7-8,12-13,15,21-23,26-29,38H,1-2,9-11,14,16-18H2,3-6H3,(H,35,39)/t21-,22-,23?,26+,27-,28+,29+,33-/m0/s1. The number of aryl methyl sites for hydroxylation is 2. The lowest BCUT2D eigenvalue weighted by Crippen LogP contribution is -2.59. The van der Waals surface area contributed by atoms with E-state index in [4.69, 9.17) is 9.47 Å². The Morgan fingerprint density at radius 3 is 2.66 bits per heavy atom. The molecule has 3 amide bonds. The van der Waals surface area contributed by atoms with Gasteiger partial charge in [-0.25, -0.2) is 0 Å². The zero-order valence-corrected chi connectivity index (χ0v) is 27.5. The summed E-state index contributed by atoms with van der Waals surface area (Å²) in [5.74, 6) is -3.49. The highest BCUT2D eigenvalue weighted by Crippen LogP contribution is 2.61. The Hall–Kier alpha value is -3.02. The van der Waals surface area contributed by atoms with Crippen LogP contribution in [-0.2, 0) is 28.7 Å². The van der Waals surface area contributed by atoms with Gasteiger partial charge in [0, 0.05) is 23.5 Å². The maximum atomic E-state index is 14.7. The van der Waals surface area contributed by atoms with E-state index in [0.717, 1.165) is 11.1 Å². The summed E-state index contributed by atoms with van der Waals surface area (Å²) in [6.45, 7) is 14.8. The summed E-state index contributed by atoms with van der Waals surface area (Å²) in [4.78, 5) is 57.7. The number of carbonyl (C=O) groups excluding carboxylic acids is 4. The fourth-order valence-electron chi connectivity index (χ4n) is 6.91. The summed E-state index contributed by atoms with van der Waals surface area (Å²) in [6.07, 6.45) is 3.50. The lowest BCUT2D eigenvalue weighted by atomic mass is 9.70. The molecule has 1 aromatic carbocycles. The number of nitrogens with zero attached hydrogens (tertiary/aromatic N) is 2. The lowest BCUT2D eigenvalue weighted by Gasteiger charge is -2.39. The van der Waals surface area contributed by atoms with Gasteiger partial charge in [0.1, 0.15) is 17.7 Å². The molecule has 3 heterocycles. The first-order valence-corrected chi connectivity index (χ1v) is 16.2. The number of likely N-dealkylation sites (tertiary alicyclic amines) is 1. The molecule has 44 heavy (non-hydrogen) atoms. The molecule has 2 N–H and O–H groups in total. The number of esters is 1. The number of rotatable bonds is 14. The quantitative estimate of drug-likeness (QED) is 0.176. The molecule has 3 aliphatic heterocycles. The van der Waals surface area contributed by atoms with Crippen molar-refractivity contribution >= 4 is 45.3 Å². The summed E-state index contributed by atoms with van der Waals surface area (Å²) in [6, 6.07) is 4.10. The Labute approximate surface area is 267 Å². The largest absolute Gasteiger partial charge is 0.460 e. The smallest absolute Gasteiger partial charge is 0.312 e. The number of allylic oxidation sites excluding steroid dienone is 1. The third-order valence-corrected chi connectivity index (χ3v) is 9.87. The third-order valence-electron chi connectivity index (χ3n) is 9.02. The average molecular weight is 675 g/mol. The van der Waals surface area contributed by atoms with Crippen molar-refractivity contribution in [2.24, 2.45) is 11.8 Å². The SMILES string of the molecule is C=CCCC(=O)NC[C@H](C)OC(=O)[C@H]1[C@@H]2O[C@@]3(CC2Br)[C@@H]1C(=O)N([C@@H](CC)CO)[C@@H]3C(=O)N(CC=C)c1cc(C)ccc1C. The summed E-state index contributed by atoms with van der Waals surface area (Å²) < 4.78 is 12.4. The third kappa shape index (κ3) is 6.10. The number of nitrogens with one attached hydrogen (secondary N) is 1. The van der Waals surface area contributed by atoms with Crippen LogP contribution in [0.5, 0.6) is 0 Å². The van der Waals surface area contributed by atoms with Gasteiger partial charge in [0.2, 0.25) is 11.8 Å². The van der Waals surface area contributed by atoms with Crippen molar-refractivity contribution in [1.82, 2.24) is 10.2 Å². The van der Waals surface area contributed by atoms with E-state index < -0.39 is 53.6 Å². The number of hydrogen-bond acceptors (Lipinski definition) is 7. The number of hydrogen-bond donors (Lipinski definition) is 2. The lowest BCUT2D eigenvalue weighted by molar-refractivity contribution is -0.159. The van der Waals surface area contributed by atoms with E-state index in [0.29, 0.717) is 24.9 Å². The minimum atomic E-state index is -1.31. The monoisotopic (exact) mass is 673 g/mol. The van der Waals surface area contributed by atoms with Crippen molar-refractivity contribution in [3.63, 3.8) is 0 Å². The van der Waals surface area contributed by atoms with Crippen LogP contribution in [-0.4, -0.2) is 88.1 Å². The Morgan fingerprint density at radius 2 is 2.02 bits per heavy atom. The first-order chi connectivity index (χ1) is 20.9. The number of benzene rings is 1. The van der Waals surface area contributed by atoms with E-state index in [1.807, 2.05) is 39.0 Å². The molecule has 3 saturated heterocycles. The van der Waals surface area contributed by atoms with Gasteiger partial charge in [0.25, 0.3) is 5.91 Å². The van der Waals surface area contributed by atoms with Crippen LogP contribution in [0.25, 0.3) is 0 Å². The van der Waals surface area contributed by atoms with Gasteiger partial charge in [-0.2, -0.15) is 0 Å². The van der Waals surface area contributed by atoms with E-state index in [2.05, 4.69) is 34.4 Å². The minimum Gasteiger partial charge on any atom is -0.460 e. The van der Waals surface area contributed by atoms with Gasteiger partial charge in [-0.15, -0.1) is 13.2 Å². The molecule has 0 aromatic heterocycles. The van der Waals surface area contributed by atoms with Gasteiger partial charge < -0.3 is 29.7 Å². The van der Waals surface area contributed by atoms with Gasteiger partial charge >= 0.3 is 5.97 Å². The Bertz CT molecular complexity index is 1300. The normalized spacial score (nSPS) is 28.3. The van der Waals surface area contributed by atoms with Gasteiger partial charge in [-0.1, -0.05) is 47.1 Å². The first kappa shape index (κ1) is 33.9. The van der Waals surface area contributed by atoms with Crippen LogP contribution in [0.4, 0.5) is 5.69 Å². The van der Waals surface area contributed by atoms with Crippen LogP contribution < -0.4 is 10.2 Å². The number of halogens is 1. The highest BCUT2D eigenvalue weighted by atomic mass is 79.9. The fraction of sp³-hybridized carbons (Fsp3) is 0.576. The van der Waals surface area contributed by atoms with Crippen LogP contribution >= 0.6 is 15.9 Å². The van der Waals surface area contributed by atoms with Gasteiger partial charge in [-0.3, -0.25) is 19.2 Å². The molecule has 1 spiro atoms. The maximum Gasteiger partial charge on any atom is 0.312 e. The number of fused-ring (bicyclic) bond motifs is 1. The summed E-state index contributed by atoms with van der Waals surface area (Å²) in [5.41, 5.74) is 1.24. The summed E-state index contributed by atoms with van der Waals surface area (Å²) >= 11 is 3.68. The highest BCUT2D eigenvalue weighted by molar-refractivity contribution is 9.09. The van der Waals surface area contributed by atoms with Crippen molar-refractivity contribution in [2.75, 3.05) is 24.6 Å². The fourth-order valence-corrected chi connectivity index (χ4v) is 7.86. The predicted molar refractivity (Wildman–Crippen MR) is 170 cm³/mol.